The number of nitrogens with zero attached hydrogens (tertiary/aromatic N) is 2. The zero-order valence-electron chi connectivity index (χ0n) is 15.5. The van der Waals surface area contributed by atoms with Crippen molar-refractivity contribution in [1.29, 1.82) is 0 Å². The molecule has 0 saturated carbocycles. The predicted molar refractivity (Wildman–Crippen MR) is 98.8 cm³/mol. The van der Waals surface area contributed by atoms with Crippen LogP contribution in [0, 0.1) is 13.8 Å². The van der Waals surface area contributed by atoms with Crippen LogP contribution in [0.15, 0.2) is 12.1 Å². The van der Waals surface area contributed by atoms with Crippen molar-refractivity contribution in [3.63, 3.8) is 0 Å². The van der Waals surface area contributed by atoms with Crippen molar-refractivity contribution in [1.82, 2.24) is 15.5 Å². The molecule has 0 spiro atoms. The third-order valence-corrected chi connectivity index (χ3v) is 4.92. The zero-order chi connectivity index (χ0) is 19.5. The SMILES string of the molecule is Cc1cc(C(=O)NCc2nnc(C(C)(C)C)s2)cc(C)c1OCC(=O)O. The van der Waals surface area contributed by atoms with Gasteiger partial charge in [-0.2, -0.15) is 0 Å². The van der Waals surface area contributed by atoms with Crippen LogP contribution in [0.25, 0.3) is 0 Å². The molecule has 0 saturated heterocycles. The molecule has 0 bridgehead atoms. The molecule has 0 atom stereocenters. The van der Waals surface area contributed by atoms with Crippen LogP contribution in [0.2, 0.25) is 0 Å². The number of carbonyl (C=O) groups excluding carboxylic acids is 1. The Bertz CT molecular complexity index is 801. The van der Waals surface area contributed by atoms with Gasteiger partial charge in [0.25, 0.3) is 5.91 Å². The molecule has 7 nitrogen and oxygen atoms in total. The monoisotopic (exact) mass is 377 g/mol. The van der Waals surface area contributed by atoms with Crippen molar-refractivity contribution < 1.29 is 19.4 Å². The molecule has 0 radical (unpaired) electrons. The van der Waals surface area contributed by atoms with E-state index in [4.69, 9.17) is 9.84 Å². The number of aryl methyl sites for hydroxylation is 2. The fourth-order valence-corrected chi connectivity index (χ4v) is 3.17. The lowest BCUT2D eigenvalue weighted by Crippen LogP contribution is -2.23. The Balaban J connectivity index is 2.05. The molecule has 26 heavy (non-hydrogen) atoms. The maximum atomic E-state index is 12.4. The first-order chi connectivity index (χ1) is 12.1. The van der Waals surface area contributed by atoms with Gasteiger partial charge in [-0.05, 0) is 37.1 Å². The fraction of sp³-hybridized carbons (Fsp3) is 0.444. The zero-order valence-corrected chi connectivity index (χ0v) is 16.4. The summed E-state index contributed by atoms with van der Waals surface area (Å²) in [6, 6.07) is 3.36. The second kappa shape index (κ2) is 7.82. The lowest BCUT2D eigenvalue weighted by molar-refractivity contribution is -0.139. The first kappa shape index (κ1) is 19.8. The average molecular weight is 377 g/mol. The number of benzene rings is 1. The summed E-state index contributed by atoms with van der Waals surface area (Å²) in [6.45, 7) is 9.64. The Hall–Kier alpha value is -2.48. The van der Waals surface area contributed by atoms with E-state index in [0.717, 1.165) is 10.0 Å². The van der Waals surface area contributed by atoms with Crippen LogP contribution in [-0.4, -0.2) is 33.8 Å². The van der Waals surface area contributed by atoms with Gasteiger partial charge in [0.15, 0.2) is 6.61 Å². The fourth-order valence-electron chi connectivity index (χ4n) is 2.33. The Labute approximate surface area is 156 Å². The molecule has 2 aromatic rings. The van der Waals surface area contributed by atoms with Crippen molar-refractivity contribution in [3.05, 3.63) is 38.8 Å². The number of hydrogen-bond donors (Lipinski definition) is 2. The summed E-state index contributed by atoms with van der Waals surface area (Å²) >= 11 is 1.48. The summed E-state index contributed by atoms with van der Waals surface area (Å²) in [7, 11) is 0. The highest BCUT2D eigenvalue weighted by Crippen LogP contribution is 2.26. The molecular formula is C18H23N3O4S. The normalized spacial score (nSPS) is 11.3. The van der Waals surface area contributed by atoms with Crippen molar-refractivity contribution >= 4 is 23.2 Å². The van der Waals surface area contributed by atoms with Crippen molar-refractivity contribution in [2.75, 3.05) is 6.61 Å². The second-order valence-electron chi connectivity index (χ2n) is 7.06. The van der Waals surface area contributed by atoms with Gasteiger partial charge in [0.1, 0.15) is 15.8 Å². The van der Waals surface area contributed by atoms with E-state index in [1.807, 2.05) is 0 Å². The van der Waals surface area contributed by atoms with Gasteiger partial charge in [-0.3, -0.25) is 4.79 Å². The first-order valence-corrected chi connectivity index (χ1v) is 8.96. The highest BCUT2D eigenvalue weighted by Gasteiger charge is 2.19. The van der Waals surface area contributed by atoms with E-state index in [1.165, 1.54) is 11.3 Å². The van der Waals surface area contributed by atoms with E-state index in [9.17, 15) is 9.59 Å². The molecule has 8 heteroatoms. The Kier molecular flexibility index (Phi) is 5.97. The number of aromatic nitrogens is 2. The van der Waals surface area contributed by atoms with Gasteiger partial charge in [0, 0.05) is 11.0 Å². The van der Waals surface area contributed by atoms with Gasteiger partial charge in [-0.1, -0.05) is 32.1 Å². The minimum atomic E-state index is -1.04. The standard InChI is InChI=1S/C18H23N3O4S/c1-10-6-12(7-11(2)15(10)25-9-14(22)23)16(24)19-8-13-20-21-17(26-13)18(3,4)5/h6-7H,8-9H2,1-5H3,(H,19,24)(H,22,23). The molecule has 2 N–H and O–H groups in total. The van der Waals surface area contributed by atoms with Crippen molar-refractivity contribution in [2.24, 2.45) is 0 Å². The lowest BCUT2D eigenvalue weighted by Gasteiger charge is -2.13. The summed E-state index contributed by atoms with van der Waals surface area (Å²) in [5, 5.41) is 21.5. The molecule has 2 rings (SSSR count). The van der Waals surface area contributed by atoms with Gasteiger partial charge in [-0.15, -0.1) is 10.2 Å². The summed E-state index contributed by atoms with van der Waals surface area (Å²) < 4.78 is 5.28. The molecule has 0 aliphatic carbocycles. The summed E-state index contributed by atoms with van der Waals surface area (Å²) in [4.78, 5) is 23.1. The van der Waals surface area contributed by atoms with Crippen molar-refractivity contribution in [3.8, 4) is 5.75 Å². The highest BCUT2D eigenvalue weighted by atomic mass is 32.1. The minimum Gasteiger partial charge on any atom is -0.481 e. The number of nitrogens with one attached hydrogen (secondary N) is 1. The van der Waals surface area contributed by atoms with Gasteiger partial charge < -0.3 is 15.2 Å². The average Bonchev–Trinajstić information content (AvgIpc) is 3.00. The Morgan fingerprint density at radius 2 is 1.81 bits per heavy atom. The molecule has 0 unspecified atom stereocenters. The van der Waals surface area contributed by atoms with Gasteiger partial charge in [-0.25, -0.2) is 4.79 Å². The number of rotatable bonds is 6. The van der Waals surface area contributed by atoms with Gasteiger partial charge >= 0.3 is 5.97 Å². The Morgan fingerprint density at radius 1 is 1.19 bits per heavy atom. The van der Waals surface area contributed by atoms with Gasteiger partial charge in [0.2, 0.25) is 0 Å². The second-order valence-corrected chi connectivity index (χ2v) is 8.12. The number of ether oxygens (including phenoxy) is 1. The number of aliphatic carboxylic acids is 1. The van der Waals surface area contributed by atoms with Crippen LogP contribution < -0.4 is 10.1 Å². The van der Waals surface area contributed by atoms with E-state index in [1.54, 1.807) is 26.0 Å². The van der Waals surface area contributed by atoms with E-state index in [2.05, 4.69) is 36.3 Å². The maximum Gasteiger partial charge on any atom is 0.341 e. The van der Waals surface area contributed by atoms with Crippen LogP contribution >= 0.6 is 11.3 Å². The van der Waals surface area contributed by atoms with Crippen LogP contribution in [0.1, 0.15) is 52.3 Å². The minimum absolute atomic E-state index is 0.0695. The molecule has 140 valence electrons. The van der Waals surface area contributed by atoms with Crippen LogP contribution in [0.5, 0.6) is 5.75 Å². The number of carbonyl (C=O) groups is 2. The smallest absolute Gasteiger partial charge is 0.341 e. The Morgan fingerprint density at radius 3 is 2.31 bits per heavy atom. The third-order valence-electron chi connectivity index (χ3n) is 3.57. The maximum absolute atomic E-state index is 12.4. The van der Waals surface area contributed by atoms with E-state index >= 15 is 0 Å². The lowest BCUT2D eigenvalue weighted by atomic mass is 9.98. The number of hydrogen-bond acceptors (Lipinski definition) is 6. The number of amides is 1. The molecule has 0 fully saturated rings. The molecule has 1 amide bonds. The molecule has 0 aliphatic rings. The number of carboxylic acids is 1. The quantitative estimate of drug-likeness (QED) is 0.803. The summed E-state index contributed by atoms with van der Waals surface area (Å²) in [5.41, 5.74) is 1.84. The van der Waals surface area contributed by atoms with Crippen LogP contribution in [-0.2, 0) is 16.8 Å². The molecular weight excluding hydrogens is 354 g/mol. The first-order valence-electron chi connectivity index (χ1n) is 8.15. The number of carboxylic acid groups (broad SMARTS) is 1. The van der Waals surface area contributed by atoms with E-state index in [-0.39, 0.29) is 11.3 Å². The third kappa shape index (κ3) is 5.01. The topological polar surface area (TPSA) is 101 Å². The molecule has 1 heterocycles. The highest BCUT2D eigenvalue weighted by molar-refractivity contribution is 7.11. The summed E-state index contributed by atoms with van der Waals surface area (Å²) in [5.74, 6) is -0.784. The molecule has 0 aliphatic heterocycles. The molecule has 1 aromatic carbocycles. The predicted octanol–water partition coefficient (Wildman–Crippen LogP) is 2.85. The van der Waals surface area contributed by atoms with E-state index < -0.39 is 12.6 Å². The van der Waals surface area contributed by atoms with Crippen LogP contribution in [0.3, 0.4) is 0 Å². The summed E-state index contributed by atoms with van der Waals surface area (Å²) in [6.07, 6.45) is 0. The van der Waals surface area contributed by atoms with E-state index in [0.29, 0.717) is 29.0 Å². The largest absolute Gasteiger partial charge is 0.481 e. The van der Waals surface area contributed by atoms with Gasteiger partial charge in [0.05, 0.1) is 6.54 Å². The molecule has 1 aromatic heterocycles. The van der Waals surface area contributed by atoms with Crippen LogP contribution in [0.4, 0.5) is 0 Å². The van der Waals surface area contributed by atoms with Crippen molar-refractivity contribution in [2.45, 2.75) is 46.6 Å².